The molecule has 0 amide bonds. The maximum absolute atomic E-state index is 12.9. The molecule has 2 N–H and O–H groups in total. The molecule has 2 heterocycles. The van der Waals surface area contributed by atoms with Gasteiger partial charge in [-0.15, -0.1) is 0 Å². The van der Waals surface area contributed by atoms with Crippen molar-refractivity contribution in [3.63, 3.8) is 0 Å². The molecule has 6 heteroatoms. The van der Waals surface area contributed by atoms with E-state index in [2.05, 4.69) is 4.98 Å². The van der Waals surface area contributed by atoms with Crippen LogP contribution in [0.2, 0.25) is 0 Å². The van der Waals surface area contributed by atoms with Crippen LogP contribution in [0.15, 0.2) is 18.5 Å². The maximum atomic E-state index is 12.9. The maximum Gasteiger partial charge on any atom is 0.416 e. The molecule has 2 rings (SSSR count). The van der Waals surface area contributed by atoms with E-state index < -0.39 is 17.8 Å². The van der Waals surface area contributed by atoms with Crippen molar-refractivity contribution < 1.29 is 17.9 Å². The zero-order chi connectivity index (χ0) is 13.3. The monoisotopic (exact) mass is 260 g/mol. The molecule has 0 bridgehead atoms. The Labute approximate surface area is 103 Å². The minimum absolute atomic E-state index is 0.0485. The molecule has 1 aliphatic rings. The van der Waals surface area contributed by atoms with Gasteiger partial charge in [0.2, 0.25) is 0 Å². The number of halogens is 3. The Morgan fingerprint density at radius 3 is 2.78 bits per heavy atom. The molecule has 100 valence electrons. The molecule has 3 unspecified atom stereocenters. The number of rotatable bonds is 2. The van der Waals surface area contributed by atoms with Gasteiger partial charge >= 0.3 is 6.18 Å². The lowest BCUT2D eigenvalue weighted by atomic mass is 9.87. The van der Waals surface area contributed by atoms with Crippen LogP contribution in [-0.2, 0) is 10.9 Å². The fourth-order valence-corrected chi connectivity index (χ4v) is 2.38. The predicted octanol–water partition coefficient (Wildman–Crippen LogP) is 2.53. The summed E-state index contributed by atoms with van der Waals surface area (Å²) in [5.41, 5.74) is 5.31. The highest BCUT2D eigenvalue weighted by Crippen LogP contribution is 2.38. The van der Waals surface area contributed by atoms with E-state index in [1.165, 1.54) is 6.20 Å². The Morgan fingerprint density at radius 2 is 2.22 bits per heavy atom. The summed E-state index contributed by atoms with van der Waals surface area (Å²) in [5.74, 6) is -0.102. The third-order valence-electron chi connectivity index (χ3n) is 3.41. The van der Waals surface area contributed by atoms with Crippen molar-refractivity contribution in [2.24, 2.45) is 11.7 Å². The fraction of sp³-hybridized carbons (Fsp3) is 0.583. The van der Waals surface area contributed by atoms with E-state index in [1.54, 1.807) is 0 Å². The second-order valence-corrected chi connectivity index (χ2v) is 4.51. The molecular formula is C12H15F3N2O. The normalized spacial score (nSPS) is 26.3. The van der Waals surface area contributed by atoms with Crippen molar-refractivity contribution in [2.45, 2.75) is 31.7 Å². The molecule has 0 aromatic carbocycles. The molecule has 3 atom stereocenters. The number of aromatic nitrogens is 1. The van der Waals surface area contributed by atoms with Crippen LogP contribution in [0.3, 0.4) is 0 Å². The van der Waals surface area contributed by atoms with Gasteiger partial charge in [-0.05, 0) is 25.0 Å². The van der Waals surface area contributed by atoms with Crippen molar-refractivity contribution >= 4 is 0 Å². The lowest BCUT2D eigenvalue weighted by molar-refractivity contribution is -0.138. The van der Waals surface area contributed by atoms with Gasteiger partial charge in [0, 0.05) is 31.0 Å². The van der Waals surface area contributed by atoms with Gasteiger partial charge in [-0.1, -0.05) is 0 Å². The standard InChI is InChI=1S/C12H15F3N2O/c1-7-8(3-5-18-7)11(16)9-6-17-4-2-10(9)12(13,14)15/h2,4,6-8,11H,3,5,16H2,1H3. The van der Waals surface area contributed by atoms with Crippen LogP contribution < -0.4 is 5.73 Å². The molecule has 1 fully saturated rings. The minimum atomic E-state index is -4.40. The molecule has 0 aliphatic carbocycles. The Kier molecular flexibility index (Phi) is 3.59. The third-order valence-corrected chi connectivity index (χ3v) is 3.41. The van der Waals surface area contributed by atoms with Crippen molar-refractivity contribution in [1.82, 2.24) is 4.98 Å². The van der Waals surface area contributed by atoms with Gasteiger partial charge in [-0.25, -0.2) is 0 Å². The van der Waals surface area contributed by atoms with Crippen molar-refractivity contribution in [3.8, 4) is 0 Å². The molecule has 0 radical (unpaired) electrons. The first-order valence-electron chi connectivity index (χ1n) is 5.79. The first-order valence-corrected chi connectivity index (χ1v) is 5.79. The van der Waals surface area contributed by atoms with E-state index in [0.717, 1.165) is 12.3 Å². The van der Waals surface area contributed by atoms with Crippen LogP contribution >= 0.6 is 0 Å². The van der Waals surface area contributed by atoms with Gasteiger partial charge in [0.25, 0.3) is 0 Å². The van der Waals surface area contributed by atoms with Crippen LogP contribution in [0.5, 0.6) is 0 Å². The topological polar surface area (TPSA) is 48.1 Å². The second kappa shape index (κ2) is 4.85. The zero-order valence-electron chi connectivity index (χ0n) is 9.95. The summed E-state index contributed by atoms with van der Waals surface area (Å²) in [4.78, 5) is 3.76. The highest BCUT2D eigenvalue weighted by Gasteiger charge is 2.38. The molecule has 3 nitrogen and oxygen atoms in total. The lowest BCUT2D eigenvalue weighted by Crippen LogP contribution is -2.28. The first-order chi connectivity index (χ1) is 8.41. The smallest absolute Gasteiger partial charge is 0.378 e. The van der Waals surface area contributed by atoms with E-state index in [0.29, 0.717) is 13.0 Å². The lowest BCUT2D eigenvalue weighted by Gasteiger charge is -2.24. The van der Waals surface area contributed by atoms with Gasteiger partial charge in [-0.3, -0.25) is 4.98 Å². The minimum Gasteiger partial charge on any atom is -0.378 e. The van der Waals surface area contributed by atoms with Gasteiger partial charge in [0.1, 0.15) is 0 Å². The quantitative estimate of drug-likeness (QED) is 0.888. The SMILES string of the molecule is CC1OCCC1C(N)c1cnccc1C(F)(F)F. The Morgan fingerprint density at radius 1 is 1.50 bits per heavy atom. The average molecular weight is 260 g/mol. The molecule has 18 heavy (non-hydrogen) atoms. The summed E-state index contributed by atoms with van der Waals surface area (Å²) in [6.45, 7) is 2.38. The Balaban J connectivity index is 2.33. The molecule has 1 aliphatic heterocycles. The van der Waals surface area contributed by atoms with Crippen LogP contribution in [0.25, 0.3) is 0 Å². The number of alkyl halides is 3. The Bertz CT molecular complexity index is 422. The van der Waals surface area contributed by atoms with Crippen LogP contribution in [0, 0.1) is 5.92 Å². The zero-order valence-corrected chi connectivity index (χ0v) is 9.95. The highest BCUT2D eigenvalue weighted by atomic mass is 19.4. The number of hydrogen-bond donors (Lipinski definition) is 1. The van der Waals surface area contributed by atoms with Crippen LogP contribution in [-0.4, -0.2) is 17.7 Å². The largest absolute Gasteiger partial charge is 0.416 e. The summed E-state index contributed by atoms with van der Waals surface area (Å²) >= 11 is 0. The van der Waals surface area contributed by atoms with Gasteiger partial charge < -0.3 is 10.5 Å². The van der Waals surface area contributed by atoms with Crippen molar-refractivity contribution in [2.75, 3.05) is 6.61 Å². The summed E-state index contributed by atoms with van der Waals surface area (Å²) in [6.07, 6.45) is -1.51. The number of ether oxygens (including phenoxy) is 1. The summed E-state index contributed by atoms with van der Waals surface area (Å²) in [7, 11) is 0. The molecule has 1 aromatic rings. The number of hydrogen-bond acceptors (Lipinski definition) is 3. The van der Waals surface area contributed by atoms with E-state index in [-0.39, 0.29) is 17.6 Å². The summed E-state index contributed by atoms with van der Waals surface area (Å²) in [5, 5.41) is 0. The summed E-state index contributed by atoms with van der Waals surface area (Å²) < 4.78 is 44.0. The fourth-order valence-electron chi connectivity index (χ4n) is 2.38. The number of nitrogens with zero attached hydrogens (tertiary/aromatic N) is 1. The first kappa shape index (κ1) is 13.3. The third kappa shape index (κ3) is 2.49. The highest BCUT2D eigenvalue weighted by molar-refractivity contribution is 5.29. The van der Waals surface area contributed by atoms with Crippen LogP contribution in [0.4, 0.5) is 13.2 Å². The van der Waals surface area contributed by atoms with Gasteiger partial charge in [0.05, 0.1) is 11.7 Å². The van der Waals surface area contributed by atoms with Gasteiger partial charge in [0.15, 0.2) is 0 Å². The average Bonchev–Trinajstić information content (AvgIpc) is 2.73. The van der Waals surface area contributed by atoms with E-state index in [9.17, 15) is 13.2 Å². The molecule has 0 spiro atoms. The number of pyridine rings is 1. The van der Waals surface area contributed by atoms with E-state index >= 15 is 0 Å². The summed E-state index contributed by atoms with van der Waals surface area (Å²) in [6, 6.07) is 0.267. The second-order valence-electron chi connectivity index (χ2n) is 4.51. The van der Waals surface area contributed by atoms with Crippen molar-refractivity contribution in [1.29, 1.82) is 0 Å². The molecular weight excluding hydrogens is 245 g/mol. The van der Waals surface area contributed by atoms with E-state index in [4.69, 9.17) is 10.5 Å². The number of nitrogens with two attached hydrogens (primary N) is 1. The molecule has 1 aromatic heterocycles. The predicted molar refractivity (Wildman–Crippen MR) is 59.7 cm³/mol. The van der Waals surface area contributed by atoms with E-state index in [1.807, 2.05) is 6.92 Å². The van der Waals surface area contributed by atoms with Crippen LogP contribution in [0.1, 0.15) is 30.5 Å². The Hall–Kier alpha value is -1.14. The van der Waals surface area contributed by atoms with Crippen molar-refractivity contribution in [3.05, 3.63) is 29.6 Å². The van der Waals surface area contributed by atoms with Gasteiger partial charge in [-0.2, -0.15) is 13.2 Å². The molecule has 1 saturated heterocycles. The molecule has 0 saturated carbocycles.